The van der Waals surface area contributed by atoms with E-state index in [0.717, 1.165) is 6.07 Å². The number of carboxylic acids is 1. The van der Waals surface area contributed by atoms with Gasteiger partial charge in [-0.1, -0.05) is 25.1 Å². The topological polar surface area (TPSA) is 192 Å². The minimum absolute atomic E-state index is 0.0701. The zero-order valence-electron chi connectivity index (χ0n) is 21.1. The first-order chi connectivity index (χ1) is 18.5. The van der Waals surface area contributed by atoms with Crippen LogP contribution in [0.5, 0.6) is 5.75 Å². The van der Waals surface area contributed by atoms with Gasteiger partial charge in [-0.3, -0.25) is 19.8 Å². The van der Waals surface area contributed by atoms with E-state index in [1.54, 1.807) is 24.3 Å². The molecule has 3 aromatic rings. The van der Waals surface area contributed by atoms with Crippen LogP contribution in [0.15, 0.2) is 54.6 Å². The monoisotopic (exact) mass is 527 g/mol. The van der Waals surface area contributed by atoms with Crippen LogP contribution in [0.2, 0.25) is 0 Å². The van der Waals surface area contributed by atoms with Gasteiger partial charge >= 0.3 is 5.97 Å². The molecular formula is C28H25N5O6. The summed E-state index contributed by atoms with van der Waals surface area (Å²) in [6, 6.07) is 14.7. The van der Waals surface area contributed by atoms with Gasteiger partial charge in [0.1, 0.15) is 11.5 Å². The second kappa shape index (κ2) is 12.2. The maximum atomic E-state index is 12.9. The van der Waals surface area contributed by atoms with E-state index in [1.807, 2.05) is 13.0 Å². The van der Waals surface area contributed by atoms with Crippen molar-refractivity contribution in [2.45, 2.75) is 26.7 Å². The molecule has 0 radical (unpaired) electrons. The Kier molecular flexibility index (Phi) is 8.75. The van der Waals surface area contributed by atoms with Crippen LogP contribution in [0.1, 0.15) is 48.2 Å². The summed E-state index contributed by atoms with van der Waals surface area (Å²) in [5.41, 5.74) is 0.0378. The smallest absolute Gasteiger partial charge is 0.337 e. The fourth-order valence-corrected chi connectivity index (χ4v) is 3.78. The molecule has 0 aromatic heterocycles. The Morgan fingerprint density at radius 3 is 2.26 bits per heavy atom. The van der Waals surface area contributed by atoms with Crippen LogP contribution in [0, 0.1) is 16.7 Å². The molecule has 198 valence electrons. The summed E-state index contributed by atoms with van der Waals surface area (Å²) in [4.78, 5) is 48.8. The standard InChI is InChI=1S/C28H25N5O6/c1-3-6-25(36)32-23-12-20(24(35)13-18(23)17-7-4-5-8-21(17)31-15(2)34)26(30)27(37)33-22-10-9-16(14-29)11-19(22)28(38)39/h4-5,7-13,30,35H,3,6H2,1-2H3,(H,31,34)(H,32,36)(H,33,37)(H,38,39). The third-order valence-electron chi connectivity index (χ3n) is 5.54. The van der Waals surface area contributed by atoms with Gasteiger partial charge in [-0.25, -0.2) is 4.79 Å². The number of para-hydroxylation sites is 1. The summed E-state index contributed by atoms with van der Waals surface area (Å²) in [6.07, 6.45) is 0.751. The molecule has 0 aliphatic rings. The van der Waals surface area contributed by atoms with Crippen LogP contribution >= 0.6 is 0 Å². The van der Waals surface area contributed by atoms with Crippen LogP contribution in [-0.4, -0.2) is 39.6 Å². The lowest BCUT2D eigenvalue weighted by Gasteiger charge is -2.18. The zero-order valence-corrected chi connectivity index (χ0v) is 21.1. The number of hydrogen-bond donors (Lipinski definition) is 6. The number of nitrogens with zero attached hydrogens (tertiary/aromatic N) is 1. The molecule has 11 nitrogen and oxygen atoms in total. The number of aromatic carboxylic acids is 1. The zero-order chi connectivity index (χ0) is 28.7. The van der Waals surface area contributed by atoms with Crippen molar-refractivity contribution in [1.29, 1.82) is 10.7 Å². The van der Waals surface area contributed by atoms with E-state index in [9.17, 15) is 29.4 Å². The van der Waals surface area contributed by atoms with Gasteiger partial charge in [0.25, 0.3) is 5.91 Å². The third kappa shape index (κ3) is 6.64. The van der Waals surface area contributed by atoms with E-state index in [4.69, 9.17) is 10.7 Å². The number of anilines is 3. The minimum Gasteiger partial charge on any atom is -0.507 e. The summed E-state index contributed by atoms with van der Waals surface area (Å²) >= 11 is 0. The number of carboxylic acid groups (broad SMARTS) is 1. The number of carbonyl (C=O) groups excluding carboxylic acids is 3. The summed E-state index contributed by atoms with van der Waals surface area (Å²) < 4.78 is 0. The third-order valence-corrected chi connectivity index (χ3v) is 5.54. The first-order valence-corrected chi connectivity index (χ1v) is 11.8. The summed E-state index contributed by atoms with van der Waals surface area (Å²) in [5, 5.41) is 45.5. The molecule has 0 aliphatic heterocycles. The molecule has 0 saturated carbocycles. The van der Waals surface area contributed by atoms with E-state index in [2.05, 4.69) is 16.0 Å². The second-order valence-electron chi connectivity index (χ2n) is 8.45. The number of phenols is 1. The number of carbonyl (C=O) groups is 4. The Balaban J connectivity index is 2.06. The second-order valence-corrected chi connectivity index (χ2v) is 8.45. The molecule has 0 heterocycles. The molecular weight excluding hydrogens is 502 g/mol. The normalized spacial score (nSPS) is 10.2. The average Bonchev–Trinajstić information content (AvgIpc) is 2.89. The van der Waals surface area contributed by atoms with Crippen molar-refractivity contribution in [3.63, 3.8) is 0 Å². The number of rotatable bonds is 9. The predicted molar refractivity (Wildman–Crippen MR) is 145 cm³/mol. The Labute approximate surface area is 223 Å². The molecule has 0 saturated heterocycles. The highest BCUT2D eigenvalue weighted by atomic mass is 16.4. The number of nitrogens with one attached hydrogen (secondary N) is 4. The quantitative estimate of drug-likeness (QED) is 0.176. The summed E-state index contributed by atoms with van der Waals surface area (Å²) in [7, 11) is 0. The SMILES string of the molecule is CCCC(=O)Nc1cc(C(=N)C(=O)Nc2ccc(C#N)cc2C(=O)O)c(O)cc1-c1ccccc1NC(C)=O. The number of benzene rings is 3. The van der Waals surface area contributed by atoms with Gasteiger partial charge in [0, 0.05) is 41.4 Å². The summed E-state index contributed by atoms with van der Waals surface area (Å²) in [6.45, 7) is 3.16. The Bertz CT molecular complexity index is 1540. The maximum absolute atomic E-state index is 12.9. The number of aromatic hydroxyl groups is 1. The van der Waals surface area contributed by atoms with Gasteiger partial charge in [0.2, 0.25) is 11.8 Å². The van der Waals surface area contributed by atoms with Crippen LogP contribution in [0.4, 0.5) is 17.1 Å². The van der Waals surface area contributed by atoms with Crippen LogP contribution < -0.4 is 16.0 Å². The van der Waals surface area contributed by atoms with Crippen LogP contribution in [-0.2, 0) is 14.4 Å². The lowest BCUT2D eigenvalue weighted by molar-refractivity contribution is -0.116. The molecule has 3 rings (SSSR count). The Morgan fingerprint density at radius 1 is 0.897 bits per heavy atom. The van der Waals surface area contributed by atoms with Crippen LogP contribution in [0.3, 0.4) is 0 Å². The molecule has 11 heteroatoms. The number of amides is 3. The van der Waals surface area contributed by atoms with Crippen molar-refractivity contribution in [2.75, 3.05) is 16.0 Å². The van der Waals surface area contributed by atoms with Crippen molar-refractivity contribution in [3.8, 4) is 22.9 Å². The van der Waals surface area contributed by atoms with Crippen molar-refractivity contribution in [3.05, 3.63) is 71.3 Å². The molecule has 0 atom stereocenters. The summed E-state index contributed by atoms with van der Waals surface area (Å²) in [5.74, 6) is -3.56. The van der Waals surface area contributed by atoms with Gasteiger partial charge in [-0.2, -0.15) is 5.26 Å². The fraction of sp³-hybridized carbons (Fsp3) is 0.143. The van der Waals surface area contributed by atoms with E-state index in [1.165, 1.54) is 31.2 Å². The average molecular weight is 528 g/mol. The molecule has 0 unspecified atom stereocenters. The highest BCUT2D eigenvalue weighted by molar-refractivity contribution is 6.48. The largest absolute Gasteiger partial charge is 0.507 e. The predicted octanol–water partition coefficient (Wildman–Crippen LogP) is 4.33. The van der Waals surface area contributed by atoms with Gasteiger partial charge in [-0.05, 0) is 42.8 Å². The minimum atomic E-state index is -1.39. The molecule has 0 fully saturated rings. The van der Waals surface area contributed by atoms with E-state index in [0.29, 0.717) is 23.2 Å². The molecule has 0 spiro atoms. The highest BCUT2D eigenvalue weighted by Gasteiger charge is 2.23. The van der Waals surface area contributed by atoms with Gasteiger partial charge < -0.3 is 26.2 Å². The highest BCUT2D eigenvalue weighted by Crippen LogP contribution is 2.38. The molecule has 3 amide bonds. The number of phenolic OH excluding ortho intramolecular Hbond substituents is 1. The number of nitriles is 1. The fourth-order valence-electron chi connectivity index (χ4n) is 3.78. The lowest BCUT2D eigenvalue weighted by atomic mass is 9.96. The molecule has 0 bridgehead atoms. The molecule has 6 N–H and O–H groups in total. The molecule has 39 heavy (non-hydrogen) atoms. The van der Waals surface area contributed by atoms with Crippen LogP contribution in [0.25, 0.3) is 11.1 Å². The van der Waals surface area contributed by atoms with Crippen molar-refractivity contribution < 1.29 is 29.4 Å². The van der Waals surface area contributed by atoms with Gasteiger partial charge in [0.15, 0.2) is 0 Å². The number of hydrogen-bond acceptors (Lipinski definition) is 7. The first-order valence-electron chi connectivity index (χ1n) is 11.8. The van der Waals surface area contributed by atoms with Crippen molar-refractivity contribution in [2.24, 2.45) is 0 Å². The molecule has 0 aliphatic carbocycles. The lowest BCUT2D eigenvalue weighted by Crippen LogP contribution is -2.24. The maximum Gasteiger partial charge on any atom is 0.337 e. The van der Waals surface area contributed by atoms with Gasteiger partial charge in [0.05, 0.1) is 22.9 Å². The Morgan fingerprint density at radius 2 is 1.62 bits per heavy atom. The van der Waals surface area contributed by atoms with E-state index in [-0.39, 0.29) is 46.3 Å². The van der Waals surface area contributed by atoms with E-state index < -0.39 is 23.3 Å². The first kappa shape index (κ1) is 28.1. The van der Waals surface area contributed by atoms with Gasteiger partial charge in [-0.15, -0.1) is 0 Å². The van der Waals surface area contributed by atoms with Crippen molar-refractivity contribution in [1.82, 2.24) is 0 Å². The Hall–Kier alpha value is -5.50. The van der Waals surface area contributed by atoms with E-state index >= 15 is 0 Å². The molecule has 3 aromatic carbocycles. The van der Waals surface area contributed by atoms with Crippen molar-refractivity contribution >= 4 is 46.5 Å².